The Bertz CT molecular complexity index is 716. The predicted molar refractivity (Wildman–Crippen MR) is 79.3 cm³/mol. The number of hydrogen-bond acceptors (Lipinski definition) is 4. The van der Waals surface area contributed by atoms with E-state index in [2.05, 4.69) is 10.0 Å². The minimum Gasteiger partial charge on any atom is -0.315 e. The molecule has 2 rings (SSSR count). The lowest BCUT2D eigenvalue weighted by atomic mass is 10.3. The van der Waals surface area contributed by atoms with Crippen molar-refractivity contribution in [3.8, 4) is 0 Å². The fraction of sp³-hybridized carbons (Fsp3) is 0.167. The average molecular weight is 335 g/mol. The van der Waals surface area contributed by atoms with E-state index in [9.17, 15) is 12.8 Å². The first kappa shape index (κ1) is 15.2. The first-order chi connectivity index (χ1) is 9.42. The van der Waals surface area contributed by atoms with Gasteiger partial charge in [0.2, 0.25) is 0 Å². The molecule has 0 aliphatic carbocycles. The van der Waals surface area contributed by atoms with Gasteiger partial charge in [-0.1, -0.05) is 11.6 Å². The summed E-state index contributed by atoms with van der Waals surface area (Å²) in [6.45, 7) is 0.595. The minimum absolute atomic E-state index is 0.0132. The maximum Gasteiger partial charge on any atom is 0.262 e. The van der Waals surface area contributed by atoms with Crippen LogP contribution >= 0.6 is 22.9 Å². The van der Waals surface area contributed by atoms with E-state index in [1.807, 2.05) is 0 Å². The Balaban J connectivity index is 2.26. The summed E-state index contributed by atoms with van der Waals surface area (Å²) in [4.78, 5) is 1.06. The summed E-state index contributed by atoms with van der Waals surface area (Å²) in [5, 5.41) is 4.51. The largest absolute Gasteiger partial charge is 0.315 e. The Morgan fingerprint density at radius 1 is 1.35 bits per heavy atom. The van der Waals surface area contributed by atoms with Crippen LogP contribution in [0.3, 0.4) is 0 Å². The lowest BCUT2D eigenvalue weighted by Crippen LogP contribution is -2.12. The molecular formula is C12H12ClFN2O2S2. The van der Waals surface area contributed by atoms with E-state index in [0.717, 1.165) is 17.0 Å². The molecule has 0 unspecified atom stereocenters. The van der Waals surface area contributed by atoms with Crippen LogP contribution in [0.25, 0.3) is 0 Å². The van der Waals surface area contributed by atoms with Gasteiger partial charge in [-0.3, -0.25) is 4.72 Å². The maximum absolute atomic E-state index is 12.9. The van der Waals surface area contributed by atoms with E-state index in [0.29, 0.717) is 6.54 Å². The van der Waals surface area contributed by atoms with Gasteiger partial charge >= 0.3 is 0 Å². The molecule has 20 heavy (non-hydrogen) atoms. The Morgan fingerprint density at radius 3 is 2.75 bits per heavy atom. The SMILES string of the molecule is CNCc1cc(S(=O)(=O)Nc2ccc(F)cc2Cl)cs1. The summed E-state index contributed by atoms with van der Waals surface area (Å²) in [7, 11) is -1.94. The third-order valence-corrected chi connectivity index (χ3v) is 5.21. The highest BCUT2D eigenvalue weighted by Crippen LogP contribution is 2.27. The summed E-state index contributed by atoms with van der Waals surface area (Å²) < 4.78 is 39.6. The molecular weight excluding hydrogens is 323 g/mol. The van der Waals surface area contributed by atoms with Gasteiger partial charge in [-0.15, -0.1) is 11.3 Å². The number of rotatable bonds is 5. The van der Waals surface area contributed by atoms with Gasteiger partial charge in [0.05, 0.1) is 15.6 Å². The summed E-state index contributed by atoms with van der Waals surface area (Å²) in [5.41, 5.74) is 0.148. The summed E-state index contributed by atoms with van der Waals surface area (Å²) in [6.07, 6.45) is 0. The van der Waals surface area contributed by atoms with Crippen molar-refractivity contribution in [2.24, 2.45) is 0 Å². The van der Waals surface area contributed by atoms with E-state index in [1.54, 1.807) is 18.5 Å². The number of hydrogen-bond donors (Lipinski definition) is 2. The highest BCUT2D eigenvalue weighted by atomic mass is 35.5. The zero-order valence-electron chi connectivity index (χ0n) is 10.5. The molecule has 0 aliphatic heterocycles. The van der Waals surface area contributed by atoms with Gasteiger partial charge in [-0.05, 0) is 31.3 Å². The number of anilines is 1. The fourth-order valence-corrected chi connectivity index (χ4v) is 4.18. The molecule has 0 saturated carbocycles. The third kappa shape index (κ3) is 3.49. The molecule has 0 bridgehead atoms. The van der Waals surface area contributed by atoms with Crippen LogP contribution in [0.5, 0.6) is 0 Å². The van der Waals surface area contributed by atoms with Crippen molar-refractivity contribution in [1.82, 2.24) is 5.32 Å². The standard InChI is InChI=1S/C12H12ClFN2O2S2/c1-15-6-9-5-10(7-19-9)20(17,18)16-12-3-2-8(14)4-11(12)13/h2-5,7,15-16H,6H2,1H3. The minimum atomic E-state index is -3.72. The van der Waals surface area contributed by atoms with Crippen LogP contribution in [0.1, 0.15) is 4.88 Å². The zero-order chi connectivity index (χ0) is 14.8. The van der Waals surface area contributed by atoms with E-state index in [4.69, 9.17) is 11.6 Å². The molecule has 0 saturated heterocycles. The summed E-state index contributed by atoms with van der Waals surface area (Å²) in [5.74, 6) is -0.523. The molecule has 1 aromatic heterocycles. The molecule has 0 atom stereocenters. The lowest BCUT2D eigenvalue weighted by molar-refractivity contribution is 0.601. The van der Waals surface area contributed by atoms with Gasteiger partial charge < -0.3 is 5.32 Å². The van der Waals surface area contributed by atoms with Crippen LogP contribution in [0, 0.1) is 5.82 Å². The summed E-state index contributed by atoms with van der Waals surface area (Å²) >= 11 is 7.15. The van der Waals surface area contributed by atoms with Crippen LogP contribution in [-0.4, -0.2) is 15.5 Å². The smallest absolute Gasteiger partial charge is 0.262 e. The molecule has 108 valence electrons. The molecule has 1 heterocycles. The first-order valence-corrected chi connectivity index (χ1v) is 8.36. The second-order valence-corrected chi connectivity index (χ2v) is 7.09. The molecule has 1 aromatic carbocycles. The Labute approximate surface area is 125 Å². The topological polar surface area (TPSA) is 58.2 Å². The summed E-state index contributed by atoms with van der Waals surface area (Å²) in [6, 6.07) is 5.07. The maximum atomic E-state index is 12.9. The Kier molecular flexibility index (Phi) is 4.64. The molecule has 2 N–H and O–H groups in total. The number of nitrogens with one attached hydrogen (secondary N) is 2. The third-order valence-electron chi connectivity index (χ3n) is 2.47. The van der Waals surface area contributed by atoms with Crippen LogP contribution in [0.15, 0.2) is 34.5 Å². The number of thiophene rings is 1. The predicted octanol–water partition coefficient (Wildman–Crippen LogP) is 3.06. The van der Waals surface area contributed by atoms with E-state index < -0.39 is 15.8 Å². The van der Waals surface area contributed by atoms with Crippen LogP contribution < -0.4 is 10.0 Å². The van der Waals surface area contributed by atoms with Crippen molar-refractivity contribution >= 4 is 38.6 Å². The molecule has 8 heteroatoms. The van der Waals surface area contributed by atoms with Crippen LogP contribution in [0.4, 0.5) is 10.1 Å². The average Bonchev–Trinajstić information content (AvgIpc) is 2.83. The molecule has 0 aliphatic rings. The van der Waals surface area contributed by atoms with Gasteiger partial charge in [-0.2, -0.15) is 0 Å². The number of sulfonamides is 1. The molecule has 0 radical (unpaired) electrons. The highest BCUT2D eigenvalue weighted by molar-refractivity contribution is 7.92. The highest BCUT2D eigenvalue weighted by Gasteiger charge is 2.17. The monoisotopic (exact) mass is 334 g/mol. The van der Waals surface area contributed by atoms with E-state index >= 15 is 0 Å². The molecule has 4 nitrogen and oxygen atoms in total. The van der Waals surface area contributed by atoms with Crippen molar-refractivity contribution in [2.45, 2.75) is 11.4 Å². The van der Waals surface area contributed by atoms with Gasteiger partial charge in [-0.25, -0.2) is 12.8 Å². The van der Waals surface area contributed by atoms with E-state index in [1.165, 1.54) is 17.4 Å². The van der Waals surface area contributed by atoms with Crippen LogP contribution in [-0.2, 0) is 16.6 Å². The van der Waals surface area contributed by atoms with Gasteiger partial charge in [0.15, 0.2) is 0 Å². The fourth-order valence-electron chi connectivity index (χ4n) is 1.54. The molecule has 0 spiro atoms. The van der Waals surface area contributed by atoms with Crippen molar-refractivity contribution in [3.63, 3.8) is 0 Å². The van der Waals surface area contributed by atoms with Crippen molar-refractivity contribution in [3.05, 3.63) is 45.4 Å². The van der Waals surface area contributed by atoms with Gasteiger partial charge in [0, 0.05) is 16.8 Å². The number of benzene rings is 1. The van der Waals surface area contributed by atoms with E-state index in [-0.39, 0.29) is 15.6 Å². The second kappa shape index (κ2) is 6.09. The molecule has 0 fully saturated rings. The Hall–Kier alpha value is -1.15. The van der Waals surface area contributed by atoms with Crippen molar-refractivity contribution < 1.29 is 12.8 Å². The normalized spacial score (nSPS) is 11.6. The first-order valence-electron chi connectivity index (χ1n) is 5.62. The van der Waals surface area contributed by atoms with Gasteiger partial charge in [0.25, 0.3) is 10.0 Å². The molecule has 0 amide bonds. The second-order valence-electron chi connectivity index (χ2n) is 4.01. The Morgan fingerprint density at radius 2 is 2.10 bits per heavy atom. The van der Waals surface area contributed by atoms with Crippen molar-refractivity contribution in [1.29, 1.82) is 0 Å². The van der Waals surface area contributed by atoms with Gasteiger partial charge in [0.1, 0.15) is 5.82 Å². The quantitative estimate of drug-likeness (QED) is 0.883. The molecule has 2 aromatic rings. The zero-order valence-corrected chi connectivity index (χ0v) is 12.9. The number of halogens is 2. The van der Waals surface area contributed by atoms with Crippen molar-refractivity contribution in [2.75, 3.05) is 11.8 Å². The van der Waals surface area contributed by atoms with Crippen LogP contribution in [0.2, 0.25) is 5.02 Å². The lowest BCUT2D eigenvalue weighted by Gasteiger charge is -2.08.